The van der Waals surface area contributed by atoms with Gasteiger partial charge in [0.25, 0.3) is 0 Å². The molecule has 0 spiro atoms. The lowest BCUT2D eigenvalue weighted by atomic mass is 10.0. The Labute approximate surface area is 111 Å². The molecule has 1 aromatic carbocycles. The molecule has 1 unspecified atom stereocenters. The van der Waals surface area contributed by atoms with Gasteiger partial charge >= 0.3 is 0 Å². The first-order valence-electron chi connectivity index (χ1n) is 7.27. The SMILES string of the molecule is CCCCCCCCCC(O)c1cccc(N)c1. The third kappa shape index (κ3) is 6.06. The fourth-order valence-electron chi connectivity index (χ4n) is 2.23. The topological polar surface area (TPSA) is 46.2 Å². The summed E-state index contributed by atoms with van der Waals surface area (Å²) in [7, 11) is 0. The molecule has 2 heteroatoms. The normalized spacial score (nSPS) is 12.6. The zero-order chi connectivity index (χ0) is 13.2. The lowest BCUT2D eigenvalue weighted by Gasteiger charge is -2.11. The maximum absolute atomic E-state index is 10.0. The molecule has 0 fully saturated rings. The summed E-state index contributed by atoms with van der Waals surface area (Å²) in [5.74, 6) is 0. The summed E-state index contributed by atoms with van der Waals surface area (Å²) in [6.07, 6.45) is 9.45. The number of nitrogens with two attached hydrogens (primary N) is 1. The highest BCUT2D eigenvalue weighted by Gasteiger charge is 2.06. The van der Waals surface area contributed by atoms with E-state index in [-0.39, 0.29) is 6.10 Å². The van der Waals surface area contributed by atoms with Gasteiger partial charge in [0, 0.05) is 5.69 Å². The maximum Gasteiger partial charge on any atom is 0.0790 e. The van der Waals surface area contributed by atoms with Crippen LogP contribution >= 0.6 is 0 Å². The van der Waals surface area contributed by atoms with Crippen LogP contribution in [0.15, 0.2) is 24.3 Å². The van der Waals surface area contributed by atoms with Crippen LogP contribution in [0.3, 0.4) is 0 Å². The number of anilines is 1. The molecule has 102 valence electrons. The molecule has 0 heterocycles. The third-order valence-corrected chi connectivity index (χ3v) is 3.38. The molecule has 0 saturated carbocycles. The number of unbranched alkanes of at least 4 members (excludes halogenated alkanes) is 6. The molecule has 0 bridgehead atoms. The summed E-state index contributed by atoms with van der Waals surface area (Å²) in [6, 6.07) is 7.57. The molecule has 1 rings (SSSR count). The first kappa shape index (κ1) is 15.0. The zero-order valence-corrected chi connectivity index (χ0v) is 11.6. The number of aliphatic hydroxyl groups excluding tert-OH is 1. The number of hydrogen-bond acceptors (Lipinski definition) is 2. The number of nitrogen functional groups attached to an aromatic ring is 1. The smallest absolute Gasteiger partial charge is 0.0790 e. The van der Waals surface area contributed by atoms with Gasteiger partial charge in [-0.05, 0) is 24.1 Å². The highest BCUT2D eigenvalue weighted by atomic mass is 16.3. The minimum absolute atomic E-state index is 0.357. The van der Waals surface area contributed by atoms with E-state index in [0.29, 0.717) is 0 Å². The van der Waals surface area contributed by atoms with Crippen molar-refractivity contribution in [1.29, 1.82) is 0 Å². The highest BCUT2D eigenvalue weighted by molar-refractivity contribution is 5.41. The van der Waals surface area contributed by atoms with Crippen LogP contribution in [0.1, 0.15) is 70.0 Å². The van der Waals surface area contributed by atoms with E-state index in [1.807, 2.05) is 24.3 Å². The standard InChI is InChI=1S/C16H27NO/c1-2-3-4-5-6-7-8-12-16(18)14-10-9-11-15(17)13-14/h9-11,13,16,18H,2-8,12,17H2,1H3. The number of rotatable bonds is 9. The van der Waals surface area contributed by atoms with Crippen LogP contribution in [0.4, 0.5) is 5.69 Å². The zero-order valence-electron chi connectivity index (χ0n) is 11.6. The van der Waals surface area contributed by atoms with E-state index in [0.717, 1.165) is 24.1 Å². The van der Waals surface area contributed by atoms with E-state index in [2.05, 4.69) is 6.92 Å². The van der Waals surface area contributed by atoms with Crippen LogP contribution in [-0.4, -0.2) is 5.11 Å². The second-order valence-electron chi connectivity index (χ2n) is 5.10. The molecule has 0 radical (unpaired) electrons. The van der Waals surface area contributed by atoms with Crippen LogP contribution in [0.2, 0.25) is 0 Å². The number of benzene rings is 1. The Balaban J connectivity index is 2.12. The third-order valence-electron chi connectivity index (χ3n) is 3.38. The van der Waals surface area contributed by atoms with E-state index in [1.54, 1.807) is 0 Å². The van der Waals surface area contributed by atoms with Gasteiger partial charge in [0.15, 0.2) is 0 Å². The Morgan fingerprint density at radius 1 is 1.06 bits per heavy atom. The van der Waals surface area contributed by atoms with Gasteiger partial charge < -0.3 is 10.8 Å². The van der Waals surface area contributed by atoms with E-state index >= 15 is 0 Å². The van der Waals surface area contributed by atoms with Gasteiger partial charge in [0.05, 0.1) is 6.10 Å². The molecular formula is C16H27NO. The van der Waals surface area contributed by atoms with E-state index in [1.165, 1.54) is 38.5 Å². The van der Waals surface area contributed by atoms with Crippen LogP contribution in [0.25, 0.3) is 0 Å². The molecule has 1 aromatic rings. The van der Waals surface area contributed by atoms with Crippen molar-refractivity contribution in [2.75, 3.05) is 5.73 Å². The summed E-state index contributed by atoms with van der Waals surface area (Å²) >= 11 is 0. The molecule has 0 saturated heterocycles. The molecule has 0 aromatic heterocycles. The van der Waals surface area contributed by atoms with Crippen LogP contribution in [0.5, 0.6) is 0 Å². The Bertz CT molecular complexity index is 325. The minimum Gasteiger partial charge on any atom is -0.399 e. The van der Waals surface area contributed by atoms with Crippen molar-refractivity contribution in [3.05, 3.63) is 29.8 Å². The Hall–Kier alpha value is -1.02. The van der Waals surface area contributed by atoms with Gasteiger partial charge in [-0.1, -0.05) is 64.0 Å². The molecule has 1 atom stereocenters. The summed E-state index contributed by atoms with van der Waals surface area (Å²) in [5, 5.41) is 10.0. The van der Waals surface area contributed by atoms with E-state index in [9.17, 15) is 5.11 Å². The Morgan fingerprint density at radius 2 is 1.72 bits per heavy atom. The molecule has 0 amide bonds. The fraction of sp³-hybridized carbons (Fsp3) is 0.625. The van der Waals surface area contributed by atoms with Crippen molar-refractivity contribution in [2.45, 2.75) is 64.4 Å². The lowest BCUT2D eigenvalue weighted by Crippen LogP contribution is -1.98. The van der Waals surface area contributed by atoms with Gasteiger partial charge in [-0.25, -0.2) is 0 Å². The summed E-state index contributed by atoms with van der Waals surface area (Å²) in [4.78, 5) is 0. The lowest BCUT2D eigenvalue weighted by molar-refractivity contribution is 0.163. The Kier molecular flexibility index (Phi) is 7.51. The van der Waals surface area contributed by atoms with Crippen LogP contribution in [-0.2, 0) is 0 Å². The highest BCUT2D eigenvalue weighted by Crippen LogP contribution is 2.21. The van der Waals surface area contributed by atoms with E-state index < -0.39 is 0 Å². The first-order valence-corrected chi connectivity index (χ1v) is 7.27. The van der Waals surface area contributed by atoms with Gasteiger partial charge in [0.1, 0.15) is 0 Å². The summed E-state index contributed by atoms with van der Waals surface area (Å²) < 4.78 is 0. The molecule has 3 N–H and O–H groups in total. The molecule has 2 nitrogen and oxygen atoms in total. The fourth-order valence-corrected chi connectivity index (χ4v) is 2.23. The molecule has 0 aliphatic rings. The monoisotopic (exact) mass is 249 g/mol. The van der Waals surface area contributed by atoms with Crippen molar-refractivity contribution in [1.82, 2.24) is 0 Å². The van der Waals surface area contributed by atoms with Crippen LogP contribution in [0, 0.1) is 0 Å². The van der Waals surface area contributed by atoms with Crippen molar-refractivity contribution in [3.8, 4) is 0 Å². The van der Waals surface area contributed by atoms with Gasteiger partial charge in [-0.3, -0.25) is 0 Å². The second kappa shape index (κ2) is 8.98. The molecule has 18 heavy (non-hydrogen) atoms. The van der Waals surface area contributed by atoms with E-state index in [4.69, 9.17) is 5.73 Å². The molecule has 0 aliphatic heterocycles. The van der Waals surface area contributed by atoms with Gasteiger partial charge in [-0.15, -0.1) is 0 Å². The maximum atomic E-state index is 10.0. The number of aliphatic hydroxyl groups is 1. The van der Waals surface area contributed by atoms with Crippen molar-refractivity contribution in [2.24, 2.45) is 0 Å². The first-order chi connectivity index (χ1) is 8.74. The quantitative estimate of drug-likeness (QED) is 0.502. The van der Waals surface area contributed by atoms with Crippen molar-refractivity contribution < 1.29 is 5.11 Å². The summed E-state index contributed by atoms with van der Waals surface area (Å²) in [5.41, 5.74) is 7.38. The second-order valence-corrected chi connectivity index (χ2v) is 5.10. The summed E-state index contributed by atoms with van der Waals surface area (Å²) in [6.45, 7) is 2.24. The van der Waals surface area contributed by atoms with Gasteiger partial charge in [0.2, 0.25) is 0 Å². The van der Waals surface area contributed by atoms with Gasteiger partial charge in [-0.2, -0.15) is 0 Å². The molecular weight excluding hydrogens is 222 g/mol. The minimum atomic E-state index is -0.357. The average molecular weight is 249 g/mol. The van der Waals surface area contributed by atoms with Crippen molar-refractivity contribution >= 4 is 5.69 Å². The van der Waals surface area contributed by atoms with Crippen LogP contribution < -0.4 is 5.73 Å². The van der Waals surface area contributed by atoms with Crippen molar-refractivity contribution in [3.63, 3.8) is 0 Å². The molecule has 0 aliphatic carbocycles. The predicted octanol–water partition coefficient (Wildman–Crippen LogP) is 4.44. The average Bonchev–Trinajstić information content (AvgIpc) is 2.37. The number of hydrogen-bond donors (Lipinski definition) is 2. The predicted molar refractivity (Wildman–Crippen MR) is 78.4 cm³/mol. The largest absolute Gasteiger partial charge is 0.399 e. The Morgan fingerprint density at radius 3 is 2.39 bits per heavy atom.